The van der Waals surface area contributed by atoms with Crippen LogP contribution in [0.4, 0.5) is 0 Å². The molecule has 0 aromatic carbocycles. The normalized spacial score (nSPS) is 22.8. The van der Waals surface area contributed by atoms with Crippen molar-refractivity contribution in [3.63, 3.8) is 0 Å². The molecule has 0 aliphatic carbocycles. The molecule has 0 saturated carbocycles. The van der Waals surface area contributed by atoms with Gasteiger partial charge in [-0.1, -0.05) is 0 Å². The van der Waals surface area contributed by atoms with Gasteiger partial charge in [-0.3, -0.25) is 14.9 Å². The molecule has 0 amide bonds. The third-order valence-corrected chi connectivity index (χ3v) is 2.75. The van der Waals surface area contributed by atoms with Gasteiger partial charge in [0.15, 0.2) is 0 Å². The van der Waals surface area contributed by atoms with Crippen molar-refractivity contribution in [3.05, 3.63) is 24.3 Å². The Bertz CT molecular complexity index is 275. The van der Waals surface area contributed by atoms with E-state index >= 15 is 0 Å². The number of likely N-dealkylation sites (tertiary alicyclic amines) is 1. The quantitative estimate of drug-likeness (QED) is 0.753. The fourth-order valence-corrected chi connectivity index (χ4v) is 1.99. The molecular weight excluding hydrogens is 176 g/mol. The number of nitrogens with two attached hydrogens (primary N) is 1. The minimum absolute atomic E-state index is 0.539. The number of rotatable bonds is 3. The maximum absolute atomic E-state index is 5.70. The van der Waals surface area contributed by atoms with Gasteiger partial charge in [-0.15, -0.1) is 0 Å². The van der Waals surface area contributed by atoms with Crippen molar-refractivity contribution in [2.75, 3.05) is 13.1 Å². The van der Waals surface area contributed by atoms with Crippen LogP contribution in [0, 0.1) is 0 Å². The molecule has 1 aliphatic rings. The van der Waals surface area contributed by atoms with E-state index in [9.17, 15) is 0 Å². The summed E-state index contributed by atoms with van der Waals surface area (Å²) in [7, 11) is 0. The van der Waals surface area contributed by atoms with E-state index < -0.39 is 0 Å². The third-order valence-electron chi connectivity index (χ3n) is 2.75. The Morgan fingerprint density at radius 1 is 1.50 bits per heavy atom. The second-order valence-corrected chi connectivity index (χ2v) is 3.70. The maximum Gasteiger partial charge on any atom is 0.0726 e. The lowest BCUT2D eigenvalue weighted by molar-refractivity contribution is 0.247. The zero-order valence-corrected chi connectivity index (χ0v) is 8.26. The van der Waals surface area contributed by atoms with Crippen molar-refractivity contribution in [2.45, 2.75) is 25.4 Å². The van der Waals surface area contributed by atoms with E-state index in [4.69, 9.17) is 5.73 Å². The Balaban J connectivity index is 1.97. The van der Waals surface area contributed by atoms with Crippen LogP contribution in [0.5, 0.6) is 0 Å². The second-order valence-electron chi connectivity index (χ2n) is 3.70. The summed E-state index contributed by atoms with van der Waals surface area (Å²) in [6, 6.07) is 0.539. The summed E-state index contributed by atoms with van der Waals surface area (Å²) in [4.78, 5) is 10.7. The first kappa shape index (κ1) is 9.55. The molecule has 0 bridgehead atoms. The number of hydrogen-bond donors (Lipinski definition) is 1. The average Bonchev–Trinajstić information content (AvgIpc) is 2.67. The molecule has 1 atom stereocenters. The SMILES string of the molecule is NC[C@@H]1CCCN1Cc1cnccn1. The average molecular weight is 192 g/mol. The van der Waals surface area contributed by atoms with Crippen molar-refractivity contribution in [2.24, 2.45) is 5.73 Å². The molecule has 14 heavy (non-hydrogen) atoms. The highest BCUT2D eigenvalue weighted by atomic mass is 15.2. The molecule has 1 saturated heterocycles. The molecule has 4 nitrogen and oxygen atoms in total. The predicted molar refractivity (Wildman–Crippen MR) is 54.5 cm³/mol. The standard InChI is InChI=1S/C10H16N4/c11-6-10-2-1-5-14(10)8-9-7-12-3-4-13-9/h3-4,7,10H,1-2,5-6,8,11H2/t10-/m0/s1. The molecule has 2 N–H and O–H groups in total. The molecule has 76 valence electrons. The molecule has 0 spiro atoms. The topological polar surface area (TPSA) is 55.0 Å². The van der Waals surface area contributed by atoms with Crippen LogP contribution < -0.4 is 5.73 Å². The van der Waals surface area contributed by atoms with E-state index in [1.165, 1.54) is 12.8 Å². The Morgan fingerprint density at radius 3 is 3.14 bits per heavy atom. The monoisotopic (exact) mass is 192 g/mol. The van der Waals surface area contributed by atoms with Crippen molar-refractivity contribution < 1.29 is 0 Å². The zero-order valence-electron chi connectivity index (χ0n) is 8.26. The molecule has 4 heteroatoms. The number of hydrogen-bond acceptors (Lipinski definition) is 4. The van der Waals surface area contributed by atoms with Crippen molar-refractivity contribution in [3.8, 4) is 0 Å². The van der Waals surface area contributed by atoms with Gasteiger partial charge in [0.1, 0.15) is 0 Å². The summed E-state index contributed by atoms with van der Waals surface area (Å²) in [5.41, 5.74) is 6.74. The van der Waals surface area contributed by atoms with E-state index in [0.717, 1.165) is 25.3 Å². The molecular formula is C10H16N4. The van der Waals surface area contributed by atoms with Gasteiger partial charge in [-0.05, 0) is 19.4 Å². The molecule has 1 fully saturated rings. The van der Waals surface area contributed by atoms with Crippen molar-refractivity contribution in [1.82, 2.24) is 14.9 Å². The summed E-state index contributed by atoms with van der Waals surface area (Å²) < 4.78 is 0. The first-order valence-electron chi connectivity index (χ1n) is 5.09. The third kappa shape index (κ3) is 2.08. The summed E-state index contributed by atoms with van der Waals surface area (Å²) in [6.07, 6.45) is 7.74. The van der Waals surface area contributed by atoms with Crippen molar-refractivity contribution >= 4 is 0 Å². The highest BCUT2D eigenvalue weighted by Gasteiger charge is 2.23. The van der Waals surface area contributed by atoms with Gasteiger partial charge in [0.25, 0.3) is 0 Å². The fourth-order valence-electron chi connectivity index (χ4n) is 1.99. The maximum atomic E-state index is 5.70. The number of aromatic nitrogens is 2. The minimum Gasteiger partial charge on any atom is -0.329 e. The zero-order chi connectivity index (χ0) is 9.80. The Labute approximate surface area is 84.2 Å². The molecule has 0 radical (unpaired) electrons. The second kappa shape index (κ2) is 4.48. The largest absolute Gasteiger partial charge is 0.329 e. The van der Waals surface area contributed by atoms with Gasteiger partial charge in [0.05, 0.1) is 5.69 Å². The van der Waals surface area contributed by atoms with Crippen molar-refractivity contribution in [1.29, 1.82) is 0 Å². The van der Waals surface area contributed by atoms with Crippen LogP contribution in [0.25, 0.3) is 0 Å². The Hall–Kier alpha value is -1.00. The molecule has 2 rings (SSSR count). The molecule has 1 aliphatic heterocycles. The van der Waals surface area contributed by atoms with Gasteiger partial charge in [-0.25, -0.2) is 0 Å². The van der Waals surface area contributed by atoms with Crippen LogP contribution >= 0.6 is 0 Å². The van der Waals surface area contributed by atoms with Gasteiger partial charge < -0.3 is 5.73 Å². The van der Waals surface area contributed by atoms with Crippen LogP contribution in [-0.4, -0.2) is 34.0 Å². The summed E-state index contributed by atoms with van der Waals surface area (Å²) in [6.45, 7) is 2.77. The lowest BCUT2D eigenvalue weighted by Crippen LogP contribution is -2.35. The summed E-state index contributed by atoms with van der Waals surface area (Å²) >= 11 is 0. The lowest BCUT2D eigenvalue weighted by atomic mass is 10.2. The van der Waals surface area contributed by atoms with Crippen LogP contribution in [0.1, 0.15) is 18.5 Å². The highest BCUT2D eigenvalue weighted by Crippen LogP contribution is 2.17. The molecule has 2 heterocycles. The molecule has 0 unspecified atom stereocenters. The first-order valence-corrected chi connectivity index (χ1v) is 5.09. The Morgan fingerprint density at radius 2 is 2.43 bits per heavy atom. The van der Waals surface area contributed by atoms with Crippen LogP contribution in [0.2, 0.25) is 0 Å². The van der Waals surface area contributed by atoms with E-state index in [-0.39, 0.29) is 0 Å². The van der Waals surface area contributed by atoms with E-state index in [2.05, 4.69) is 14.9 Å². The molecule has 1 aromatic heterocycles. The Kier molecular flexibility index (Phi) is 3.06. The smallest absolute Gasteiger partial charge is 0.0726 e. The fraction of sp³-hybridized carbons (Fsp3) is 0.600. The molecule has 1 aromatic rings. The van der Waals surface area contributed by atoms with Gasteiger partial charge in [0.2, 0.25) is 0 Å². The van der Waals surface area contributed by atoms with Crippen LogP contribution in [-0.2, 0) is 6.54 Å². The highest BCUT2D eigenvalue weighted by molar-refractivity contribution is 4.96. The summed E-state index contributed by atoms with van der Waals surface area (Å²) in [5.74, 6) is 0. The van der Waals surface area contributed by atoms with Crippen LogP contribution in [0.15, 0.2) is 18.6 Å². The van der Waals surface area contributed by atoms with E-state index in [1.54, 1.807) is 12.4 Å². The summed E-state index contributed by atoms with van der Waals surface area (Å²) in [5, 5.41) is 0. The van der Waals surface area contributed by atoms with Gasteiger partial charge in [-0.2, -0.15) is 0 Å². The van der Waals surface area contributed by atoms with Gasteiger partial charge >= 0.3 is 0 Å². The van der Waals surface area contributed by atoms with Crippen LogP contribution in [0.3, 0.4) is 0 Å². The van der Waals surface area contributed by atoms with E-state index in [0.29, 0.717) is 6.04 Å². The van der Waals surface area contributed by atoms with Gasteiger partial charge in [0, 0.05) is 37.7 Å². The number of nitrogens with zero attached hydrogens (tertiary/aromatic N) is 3. The first-order chi connectivity index (χ1) is 6.90. The lowest BCUT2D eigenvalue weighted by Gasteiger charge is -2.22. The van der Waals surface area contributed by atoms with E-state index in [1.807, 2.05) is 6.20 Å². The minimum atomic E-state index is 0.539. The predicted octanol–water partition coefficient (Wildman–Crippen LogP) is 0.400.